The molecule has 15 heavy (non-hydrogen) atoms. The van der Waals surface area contributed by atoms with Gasteiger partial charge < -0.3 is 0 Å². The number of nitriles is 1. The van der Waals surface area contributed by atoms with Gasteiger partial charge in [0.15, 0.2) is 0 Å². The van der Waals surface area contributed by atoms with Gasteiger partial charge in [0.1, 0.15) is 0 Å². The molecule has 0 aliphatic heterocycles. The summed E-state index contributed by atoms with van der Waals surface area (Å²) in [5, 5.41) is 9.10. The zero-order chi connectivity index (χ0) is 11.6. The predicted octanol–water partition coefficient (Wildman–Crippen LogP) is 3.92. The summed E-state index contributed by atoms with van der Waals surface area (Å²) in [7, 11) is 0. The summed E-state index contributed by atoms with van der Waals surface area (Å²) in [5.74, 6) is 0.513. The van der Waals surface area contributed by atoms with Gasteiger partial charge in [0.05, 0.1) is 11.5 Å². The van der Waals surface area contributed by atoms with Crippen molar-refractivity contribution < 1.29 is 0 Å². The standard InChI is InChI=1S/C14H19N/c1-10(2)13-8-12(7-6-11(13)3)14(4,5)9-15/h6-8,10H,1-5H3. The first-order valence-corrected chi connectivity index (χ1v) is 5.41. The van der Waals surface area contributed by atoms with Gasteiger partial charge >= 0.3 is 0 Å². The first-order valence-electron chi connectivity index (χ1n) is 5.41. The summed E-state index contributed by atoms with van der Waals surface area (Å²) in [6.45, 7) is 10.4. The molecule has 1 heteroatoms. The molecule has 1 aromatic carbocycles. The fourth-order valence-corrected chi connectivity index (χ4v) is 1.72. The van der Waals surface area contributed by atoms with Crippen LogP contribution in [0.15, 0.2) is 18.2 Å². The Labute approximate surface area is 92.7 Å². The van der Waals surface area contributed by atoms with Crippen LogP contribution in [0.5, 0.6) is 0 Å². The van der Waals surface area contributed by atoms with E-state index in [1.165, 1.54) is 11.1 Å². The minimum atomic E-state index is -0.392. The largest absolute Gasteiger partial charge is 0.197 e. The van der Waals surface area contributed by atoms with Crippen molar-refractivity contribution in [2.75, 3.05) is 0 Å². The van der Waals surface area contributed by atoms with Crippen molar-refractivity contribution >= 4 is 0 Å². The van der Waals surface area contributed by atoms with E-state index in [2.05, 4.69) is 45.0 Å². The quantitative estimate of drug-likeness (QED) is 0.711. The van der Waals surface area contributed by atoms with Crippen LogP contribution in [0, 0.1) is 18.3 Å². The Balaban J connectivity index is 3.26. The Morgan fingerprint density at radius 3 is 2.33 bits per heavy atom. The van der Waals surface area contributed by atoms with Crippen molar-refractivity contribution in [1.82, 2.24) is 0 Å². The highest BCUT2D eigenvalue weighted by molar-refractivity contribution is 5.39. The molecule has 0 fully saturated rings. The lowest BCUT2D eigenvalue weighted by molar-refractivity contribution is 0.682. The average Bonchev–Trinajstić information content (AvgIpc) is 2.17. The Kier molecular flexibility index (Phi) is 3.19. The van der Waals surface area contributed by atoms with Gasteiger partial charge in [-0.3, -0.25) is 0 Å². The Hall–Kier alpha value is -1.29. The predicted molar refractivity (Wildman–Crippen MR) is 63.9 cm³/mol. The molecule has 0 spiro atoms. The molecule has 0 unspecified atom stereocenters. The molecule has 0 aliphatic carbocycles. The van der Waals surface area contributed by atoms with Crippen LogP contribution in [0.2, 0.25) is 0 Å². The molecule has 80 valence electrons. The van der Waals surface area contributed by atoms with Crippen LogP contribution < -0.4 is 0 Å². The van der Waals surface area contributed by atoms with Crippen molar-refractivity contribution in [3.63, 3.8) is 0 Å². The Bertz CT molecular complexity index is 394. The fraction of sp³-hybridized carbons (Fsp3) is 0.500. The summed E-state index contributed by atoms with van der Waals surface area (Å²) < 4.78 is 0. The summed E-state index contributed by atoms with van der Waals surface area (Å²) in [5.41, 5.74) is 3.37. The smallest absolute Gasteiger partial charge is 0.0766 e. The van der Waals surface area contributed by atoms with Crippen LogP contribution >= 0.6 is 0 Å². The van der Waals surface area contributed by atoms with E-state index in [1.54, 1.807) is 0 Å². The molecule has 0 atom stereocenters. The maximum atomic E-state index is 9.10. The molecular weight excluding hydrogens is 182 g/mol. The van der Waals surface area contributed by atoms with E-state index in [0.29, 0.717) is 5.92 Å². The van der Waals surface area contributed by atoms with Crippen LogP contribution in [0.1, 0.15) is 50.3 Å². The van der Waals surface area contributed by atoms with Gasteiger partial charge in [-0.15, -0.1) is 0 Å². The maximum absolute atomic E-state index is 9.10. The molecular formula is C14H19N. The summed E-state index contributed by atoms with van der Waals surface area (Å²) in [6.07, 6.45) is 0. The molecule has 0 heterocycles. The SMILES string of the molecule is Cc1ccc(C(C)(C)C#N)cc1C(C)C. The van der Waals surface area contributed by atoms with Crippen LogP contribution in [-0.4, -0.2) is 0 Å². The van der Waals surface area contributed by atoms with E-state index in [0.717, 1.165) is 5.56 Å². The number of rotatable bonds is 2. The summed E-state index contributed by atoms with van der Waals surface area (Å²) in [4.78, 5) is 0. The maximum Gasteiger partial charge on any atom is 0.0766 e. The third-order valence-corrected chi connectivity index (χ3v) is 2.90. The van der Waals surface area contributed by atoms with Crippen molar-refractivity contribution in [3.8, 4) is 6.07 Å². The van der Waals surface area contributed by atoms with Crippen molar-refractivity contribution in [2.45, 2.75) is 46.0 Å². The second-order valence-corrected chi connectivity index (χ2v) is 4.96. The second kappa shape index (κ2) is 4.06. The van der Waals surface area contributed by atoms with E-state index in [9.17, 15) is 0 Å². The summed E-state index contributed by atoms with van der Waals surface area (Å²) >= 11 is 0. The highest BCUT2D eigenvalue weighted by Gasteiger charge is 2.20. The van der Waals surface area contributed by atoms with Gasteiger partial charge in [0.25, 0.3) is 0 Å². The van der Waals surface area contributed by atoms with Gasteiger partial charge in [-0.2, -0.15) is 5.26 Å². The average molecular weight is 201 g/mol. The monoisotopic (exact) mass is 201 g/mol. The van der Waals surface area contributed by atoms with Gasteiger partial charge in [-0.1, -0.05) is 32.0 Å². The molecule has 0 radical (unpaired) electrons. The minimum Gasteiger partial charge on any atom is -0.197 e. The van der Waals surface area contributed by atoms with Crippen molar-refractivity contribution in [2.24, 2.45) is 0 Å². The molecule has 0 aliphatic rings. The normalized spacial score (nSPS) is 11.5. The van der Waals surface area contributed by atoms with E-state index in [1.807, 2.05) is 13.8 Å². The molecule has 0 N–H and O–H groups in total. The van der Waals surface area contributed by atoms with Crippen LogP contribution in [0.3, 0.4) is 0 Å². The van der Waals surface area contributed by atoms with E-state index >= 15 is 0 Å². The minimum absolute atomic E-state index is 0.392. The van der Waals surface area contributed by atoms with Crippen LogP contribution in [-0.2, 0) is 5.41 Å². The molecule has 1 nitrogen and oxygen atoms in total. The molecule has 0 amide bonds. The van der Waals surface area contributed by atoms with Gasteiger partial charge in [0.2, 0.25) is 0 Å². The van der Waals surface area contributed by atoms with E-state index in [4.69, 9.17) is 5.26 Å². The highest BCUT2D eigenvalue weighted by Crippen LogP contribution is 2.27. The molecule has 1 rings (SSSR count). The van der Waals surface area contributed by atoms with Gasteiger partial charge in [-0.05, 0) is 43.4 Å². The van der Waals surface area contributed by atoms with Crippen LogP contribution in [0.25, 0.3) is 0 Å². The second-order valence-electron chi connectivity index (χ2n) is 4.96. The first-order chi connectivity index (χ1) is 6.88. The van der Waals surface area contributed by atoms with Crippen molar-refractivity contribution in [3.05, 3.63) is 34.9 Å². The zero-order valence-corrected chi connectivity index (χ0v) is 10.3. The number of hydrogen-bond donors (Lipinski definition) is 0. The van der Waals surface area contributed by atoms with Crippen molar-refractivity contribution in [1.29, 1.82) is 5.26 Å². The first kappa shape index (κ1) is 11.8. The Morgan fingerprint density at radius 2 is 1.87 bits per heavy atom. The van der Waals surface area contributed by atoms with E-state index in [-0.39, 0.29) is 0 Å². The van der Waals surface area contributed by atoms with E-state index < -0.39 is 5.41 Å². The fourth-order valence-electron chi connectivity index (χ4n) is 1.72. The molecule has 0 aromatic heterocycles. The molecule has 0 saturated carbocycles. The number of nitrogens with zero attached hydrogens (tertiary/aromatic N) is 1. The topological polar surface area (TPSA) is 23.8 Å². The molecule has 1 aromatic rings. The molecule has 0 saturated heterocycles. The lowest BCUT2D eigenvalue weighted by atomic mass is 9.83. The third-order valence-electron chi connectivity index (χ3n) is 2.90. The zero-order valence-electron chi connectivity index (χ0n) is 10.3. The third kappa shape index (κ3) is 2.39. The lowest BCUT2D eigenvalue weighted by Gasteiger charge is -2.19. The Morgan fingerprint density at radius 1 is 1.27 bits per heavy atom. The summed E-state index contributed by atoms with van der Waals surface area (Å²) in [6, 6.07) is 8.69. The number of benzene rings is 1. The van der Waals surface area contributed by atoms with Gasteiger partial charge in [0, 0.05) is 0 Å². The van der Waals surface area contributed by atoms with Gasteiger partial charge in [-0.25, -0.2) is 0 Å². The molecule has 0 bridgehead atoms. The number of hydrogen-bond acceptors (Lipinski definition) is 1. The lowest BCUT2D eigenvalue weighted by Crippen LogP contribution is -2.14. The number of aryl methyl sites for hydroxylation is 1. The van der Waals surface area contributed by atoms with Crippen LogP contribution in [0.4, 0.5) is 0 Å². The highest BCUT2D eigenvalue weighted by atomic mass is 14.3.